The number of terminal acetylenes is 1. The number of carbonyl (C=O) groups excluding carboxylic acids is 1. The van der Waals surface area contributed by atoms with Gasteiger partial charge in [-0.05, 0) is 13.8 Å². The van der Waals surface area contributed by atoms with Crippen LogP contribution >= 0.6 is 0 Å². The predicted molar refractivity (Wildman–Crippen MR) is 47.8 cm³/mol. The lowest BCUT2D eigenvalue weighted by atomic mass is 10.1. The Labute approximate surface area is 76.6 Å². The van der Waals surface area contributed by atoms with Crippen molar-refractivity contribution in [2.24, 2.45) is 0 Å². The van der Waals surface area contributed by atoms with Gasteiger partial charge in [-0.1, -0.05) is 5.92 Å². The fourth-order valence-corrected chi connectivity index (χ4v) is 0.533. The van der Waals surface area contributed by atoms with E-state index in [0.717, 1.165) is 12.2 Å². The highest BCUT2D eigenvalue weighted by atomic mass is 16.4. The van der Waals surface area contributed by atoms with Gasteiger partial charge in [0.2, 0.25) is 5.91 Å². The number of hydrogen-bond donors (Lipinski definition) is 2. The second-order valence-electron chi connectivity index (χ2n) is 2.93. The van der Waals surface area contributed by atoms with Crippen molar-refractivity contribution in [3.63, 3.8) is 0 Å². The molecule has 2 N–H and O–H groups in total. The van der Waals surface area contributed by atoms with Crippen molar-refractivity contribution in [2.75, 3.05) is 0 Å². The van der Waals surface area contributed by atoms with E-state index in [1.807, 2.05) is 0 Å². The monoisotopic (exact) mass is 181 g/mol. The third-order valence-corrected chi connectivity index (χ3v) is 1.17. The summed E-state index contributed by atoms with van der Waals surface area (Å²) in [6.45, 7) is 3.28. The first kappa shape index (κ1) is 11.2. The molecule has 0 saturated heterocycles. The van der Waals surface area contributed by atoms with Crippen LogP contribution in [-0.2, 0) is 9.59 Å². The SMILES string of the molecule is C#CC(C)(C)NC(=O)C=CC(=O)O. The number of carboxylic acids is 1. The van der Waals surface area contributed by atoms with E-state index in [0.29, 0.717) is 0 Å². The average Bonchev–Trinajstić information content (AvgIpc) is 2.00. The Morgan fingerprint density at radius 2 is 2.00 bits per heavy atom. The summed E-state index contributed by atoms with van der Waals surface area (Å²) in [6, 6.07) is 0. The van der Waals surface area contributed by atoms with Crippen LogP contribution < -0.4 is 5.32 Å². The second-order valence-corrected chi connectivity index (χ2v) is 2.93. The maximum Gasteiger partial charge on any atom is 0.328 e. The Morgan fingerprint density at radius 3 is 2.38 bits per heavy atom. The predicted octanol–water partition coefficient (Wildman–Crippen LogP) is 0.155. The van der Waals surface area contributed by atoms with Crippen molar-refractivity contribution in [1.29, 1.82) is 0 Å². The highest BCUT2D eigenvalue weighted by Crippen LogP contribution is 1.98. The minimum atomic E-state index is -1.17. The third-order valence-electron chi connectivity index (χ3n) is 1.17. The topological polar surface area (TPSA) is 66.4 Å². The average molecular weight is 181 g/mol. The van der Waals surface area contributed by atoms with Gasteiger partial charge in [0.25, 0.3) is 0 Å². The number of rotatable bonds is 3. The minimum absolute atomic E-state index is 0.523. The summed E-state index contributed by atoms with van der Waals surface area (Å²) < 4.78 is 0. The molecule has 13 heavy (non-hydrogen) atoms. The first-order valence-corrected chi connectivity index (χ1v) is 3.58. The van der Waals surface area contributed by atoms with Gasteiger partial charge in [0.15, 0.2) is 0 Å². The van der Waals surface area contributed by atoms with Crippen LogP contribution in [0.15, 0.2) is 12.2 Å². The molecule has 0 radical (unpaired) electrons. The summed E-state index contributed by atoms with van der Waals surface area (Å²) in [4.78, 5) is 21.0. The summed E-state index contributed by atoms with van der Waals surface area (Å²) in [5.41, 5.74) is -0.764. The molecule has 0 rings (SSSR count). The molecule has 70 valence electrons. The van der Waals surface area contributed by atoms with E-state index in [2.05, 4.69) is 11.2 Å². The molecule has 0 atom stereocenters. The van der Waals surface area contributed by atoms with E-state index in [1.54, 1.807) is 13.8 Å². The maximum absolute atomic E-state index is 11.0. The molecule has 0 spiro atoms. The van der Waals surface area contributed by atoms with Gasteiger partial charge in [-0.3, -0.25) is 4.79 Å². The molecule has 0 aliphatic heterocycles. The molecule has 0 bridgehead atoms. The molecule has 0 saturated carbocycles. The van der Waals surface area contributed by atoms with E-state index in [4.69, 9.17) is 11.5 Å². The van der Waals surface area contributed by atoms with Gasteiger partial charge >= 0.3 is 5.97 Å². The van der Waals surface area contributed by atoms with Crippen LogP contribution in [0.1, 0.15) is 13.8 Å². The van der Waals surface area contributed by atoms with Crippen LogP contribution in [0.2, 0.25) is 0 Å². The number of amides is 1. The second kappa shape index (κ2) is 4.31. The quantitative estimate of drug-likeness (QED) is 0.481. The molecule has 0 aliphatic carbocycles. The molecule has 0 aromatic carbocycles. The number of carboxylic acid groups (broad SMARTS) is 1. The van der Waals surface area contributed by atoms with Gasteiger partial charge in [-0.15, -0.1) is 6.42 Å². The van der Waals surface area contributed by atoms with Gasteiger partial charge in [0, 0.05) is 12.2 Å². The fraction of sp³-hybridized carbons (Fsp3) is 0.333. The lowest BCUT2D eigenvalue weighted by Gasteiger charge is -2.17. The van der Waals surface area contributed by atoms with Crippen molar-refractivity contribution in [1.82, 2.24) is 5.32 Å². The van der Waals surface area contributed by atoms with Crippen molar-refractivity contribution < 1.29 is 14.7 Å². The highest BCUT2D eigenvalue weighted by Gasteiger charge is 2.14. The highest BCUT2D eigenvalue weighted by molar-refractivity contribution is 5.94. The zero-order valence-corrected chi connectivity index (χ0v) is 7.50. The van der Waals surface area contributed by atoms with E-state index in [9.17, 15) is 9.59 Å². The Bertz CT molecular complexity index is 284. The van der Waals surface area contributed by atoms with Crippen molar-refractivity contribution in [3.8, 4) is 12.3 Å². The first-order chi connectivity index (χ1) is 5.87. The standard InChI is InChI=1S/C9H11NO3/c1-4-9(2,3)10-7(11)5-6-8(12)13/h1,5-6H,2-3H3,(H,10,11)(H,12,13). The molecule has 0 unspecified atom stereocenters. The minimum Gasteiger partial charge on any atom is -0.478 e. The van der Waals surface area contributed by atoms with Gasteiger partial charge < -0.3 is 10.4 Å². The van der Waals surface area contributed by atoms with Gasteiger partial charge in [0.1, 0.15) is 0 Å². The summed E-state index contributed by atoms with van der Waals surface area (Å²) in [7, 11) is 0. The largest absolute Gasteiger partial charge is 0.478 e. The van der Waals surface area contributed by atoms with Crippen LogP contribution in [0.4, 0.5) is 0 Å². The molecule has 4 heteroatoms. The van der Waals surface area contributed by atoms with Crippen LogP contribution in [0.25, 0.3) is 0 Å². The molecule has 4 nitrogen and oxygen atoms in total. The molecule has 0 aliphatic rings. The first-order valence-electron chi connectivity index (χ1n) is 3.58. The number of carbonyl (C=O) groups is 2. The zero-order valence-electron chi connectivity index (χ0n) is 7.50. The Morgan fingerprint density at radius 1 is 1.46 bits per heavy atom. The van der Waals surface area contributed by atoms with Crippen LogP contribution in [0, 0.1) is 12.3 Å². The van der Waals surface area contributed by atoms with E-state index < -0.39 is 17.4 Å². The van der Waals surface area contributed by atoms with Crippen molar-refractivity contribution in [3.05, 3.63) is 12.2 Å². The summed E-state index contributed by atoms with van der Waals surface area (Å²) in [6.07, 6.45) is 6.78. The summed E-state index contributed by atoms with van der Waals surface area (Å²) >= 11 is 0. The summed E-state index contributed by atoms with van der Waals surface area (Å²) in [5.74, 6) is 0.651. The lowest BCUT2D eigenvalue weighted by Crippen LogP contribution is -2.41. The third kappa shape index (κ3) is 5.50. The smallest absolute Gasteiger partial charge is 0.328 e. The van der Waals surface area contributed by atoms with Gasteiger partial charge in [-0.25, -0.2) is 4.79 Å². The molecular formula is C9H11NO3. The normalized spacial score (nSPS) is 10.8. The van der Waals surface area contributed by atoms with Crippen molar-refractivity contribution >= 4 is 11.9 Å². The summed E-state index contributed by atoms with van der Waals surface area (Å²) in [5, 5.41) is 10.6. The Hall–Kier alpha value is -1.76. The van der Waals surface area contributed by atoms with Crippen LogP contribution in [-0.4, -0.2) is 22.5 Å². The molecule has 0 heterocycles. The van der Waals surface area contributed by atoms with Gasteiger partial charge in [0.05, 0.1) is 5.54 Å². The molecule has 0 aromatic heterocycles. The lowest BCUT2D eigenvalue weighted by molar-refractivity contribution is -0.131. The Kier molecular flexibility index (Phi) is 3.73. The van der Waals surface area contributed by atoms with E-state index in [-0.39, 0.29) is 0 Å². The molecular weight excluding hydrogens is 170 g/mol. The fourth-order valence-electron chi connectivity index (χ4n) is 0.533. The zero-order chi connectivity index (χ0) is 10.5. The maximum atomic E-state index is 11.0. The van der Waals surface area contributed by atoms with Crippen molar-refractivity contribution in [2.45, 2.75) is 19.4 Å². The number of hydrogen-bond acceptors (Lipinski definition) is 2. The molecule has 0 fully saturated rings. The Balaban J connectivity index is 4.19. The number of aliphatic carboxylic acids is 1. The van der Waals surface area contributed by atoms with E-state index >= 15 is 0 Å². The van der Waals surface area contributed by atoms with E-state index in [1.165, 1.54) is 0 Å². The molecule has 1 amide bonds. The van der Waals surface area contributed by atoms with Gasteiger partial charge in [-0.2, -0.15) is 0 Å². The van der Waals surface area contributed by atoms with Crippen LogP contribution in [0.3, 0.4) is 0 Å². The van der Waals surface area contributed by atoms with Crippen LogP contribution in [0.5, 0.6) is 0 Å². The number of nitrogens with one attached hydrogen (secondary N) is 1. The molecule has 0 aromatic rings.